The number of ether oxygens (including phenoxy) is 1. The summed E-state index contributed by atoms with van der Waals surface area (Å²) in [7, 11) is 2.78. The van der Waals surface area contributed by atoms with Crippen molar-refractivity contribution in [1.82, 2.24) is 23.1 Å². The largest absolute Gasteiger partial charge is 0.467 e. The fourth-order valence-corrected chi connectivity index (χ4v) is 3.48. The molecule has 0 spiro atoms. The first kappa shape index (κ1) is 18.9. The third kappa shape index (κ3) is 2.60. The Morgan fingerprint density at radius 1 is 1.22 bits per heavy atom. The summed E-state index contributed by atoms with van der Waals surface area (Å²) in [6, 6.07) is -1.03. The smallest absolute Gasteiger partial charge is 0.333 e. The summed E-state index contributed by atoms with van der Waals surface area (Å²) in [5, 5.41) is 0. The van der Waals surface area contributed by atoms with E-state index in [1.165, 1.54) is 18.6 Å². The van der Waals surface area contributed by atoms with Gasteiger partial charge in [0.05, 0.1) is 7.11 Å². The summed E-state index contributed by atoms with van der Waals surface area (Å²) in [5.74, 6) is -0.0215. The van der Waals surface area contributed by atoms with Crippen molar-refractivity contribution in [3.8, 4) is 0 Å². The number of aryl methyl sites for hydroxylation is 3. The lowest BCUT2D eigenvalue weighted by atomic mass is 10.3. The molecule has 1 atom stereocenters. The van der Waals surface area contributed by atoms with Crippen LogP contribution in [0.2, 0.25) is 0 Å². The topological polar surface area (TPSA) is 92.5 Å². The molecule has 0 aliphatic heterocycles. The second-order valence-corrected chi connectivity index (χ2v) is 6.81. The first-order valence-electron chi connectivity index (χ1n) is 9.03. The van der Waals surface area contributed by atoms with Gasteiger partial charge in [0, 0.05) is 25.0 Å². The van der Waals surface area contributed by atoms with Crippen LogP contribution in [-0.4, -0.2) is 36.2 Å². The quantitative estimate of drug-likeness (QED) is 0.627. The Labute approximate surface area is 155 Å². The van der Waals surface area contributed by atoms with E-state index in [2.05, 4.69) is 16.5 Å². The maximum atomic E-state index is 13.2. The van der Waals surface area contributed by atoms with Gasteiger partial charge in [-0.2, -0.15) is 4.98 Å². The monoisotopic (exact) mass is 375 g/mol. The number of hydrogen-bond acceptors (Lipinski definition) is 5. The Kier molecular flexibility index (Phi) is 4.71. The maximum absolute atomic E-state index is 13.2. The Hall–Kier alpha value is -2.84. The number of esters is 1. The number of methoxy groups -OCH3 is 1. The van der Waals surface area contributed by atoms with Gasteiger partial charge >= 0.3 is 11.7 Å². The van der Waals surface area contributed by atoms with Gasteiger partial charge in [0.2, 0.25) is 5.78 Å². The molecule has 0 radical (unpaired) electrons. The molecule has 9 heteroatoms. The number of rotatable bonds is 5. The van der Waals surface area contributed by atoms with Gasteiger partial charge in [-0.15, -0.1) is 0 Å². The third-order valence-corrected chi connectivity index (χ3v) is 5.24. The van der Waals surface area contributed by atoms with E-state index in [1.807, 2.05) is 13.8 Å². The van der Waals surface area contributed by atoms with Gasteiger partial charge < -0.3 is 9.30 Å². The van der Waals surface area contributed by atoms with Crippen molar-refractivity contribution in [3.05, 3.63) is 32.2 Å². The molecule has 0 saturated carbocycles. The summed E-state index contributed by atoms with van der Waals surface area (Å²) in [5.41, 5.74) is 1.36. The lowest BCUT2D eigenvalue weighted by Gasteiger charge is -2.13. The van der Waals surface area contributed by atoms with Gasteiger partial charge in [-0.25, -0.2) is 14.2 Å². The number of nitrogens with zero attached hydrogens (tertiary/aromatic N) is 5. The number of fused-ring (bicyclic) bond motifs is 3. The highest BCUT2D eigenvalue weighted by atomic mass is 16.5. The summed E-state index contributed by atoms with van der Waals surface area (Å²) in [6.45, 7) is 8.28. The number of carbonyl (C=O) groups excluding carboxylic acids is 1. The lowest BCUT2D eigenvalue weighted by molar-refractivity contribution is -0.144. The summed E-state index contributed by atoms with van der Waals surface area (Å²) in [4.78, 5) is 42.5. The normalized spacial score (nSPS) is 12.8. The van der Waals surface area contributed by atoms with Crippen molar-refractivity contribution in [1.29, 1.82) is 0 Å². The number of imidazole rings is 2. The predicted octanol–water partition coefficient (Wildman–Crippen LogP) is 1.30. The molecular weight excluding hydrogens is 350 g/mol. The standard InChI is InChI=1S/C18H25N5O4/c1-7-8-9-21-10(2)11(3)22-13-14(19-17(21)22)20(5)18(26)23(15(13)24)12(4)16(25)27-6/h12H,7-9H2,1-6H3/t12-/m1/s1. The van der Waals surface area contributed by atoms with E-state index in [-0.39, 0.29) is 0 Å². The Morgan fingerprint density at radius 2 is 1.89 bits per heavy atom. The fourth-order valence-electron chi connectivity index (χ4n) is 3.48. The van der Waals surface area contributed by atoms with Crippen molar-refractivity contribution in [2.75, 3.05) is 7.11 Å². The zero-order chi connectivity index (χ0) is 20.0. The number of aromatic nitrogens is 5. The highest BCUT2D eigenvalue weighted by Gasteiger charge is 2.26. The van der Waals surface area contributed by atoms with Crippen LogP contribution in [0.1, 0.15) is 44.1 Å². The molecule has 27 heavy (non-hydrogen) atoms. The zero-order valence-electron chi connectivity index (χ0n) is 16.6. The van der Waals surface area contributed by atoms with Gasteiger partial charge in [0.15, 0.2) is 11.2 Å². The van der Waals surface area contributed by atoms with Crippen LogP contribution in [0.5, 0.6) is 0 Å². The van der Waals surface area contributed by atoms with Crippen molar-refractivity contribution < 1.29 is 9.53 Å². The van der Waals surface area contributed by atoms with E-state index < -0.39 is 23.3 Å². The fraction of sp³-hybridized carbons (Fsp3) is 0.556. The van der Waals surface area contributed by atoms with E-state index in [9.17, 15) is 14.4 Å². The first-order valence-corrected chi connectivity index (χ1v) is 9.03. The summed E-state index contributed by atoms with van der Waals surface area (Å²) >= 11 is 0. The molecule has 0 aliphatic carbocycles. The van der Waals surface area contributed by atoms with E-state index in [0.29, 0.717) is 16.9 Å². The van der Waals surface area contributed by atoms with Crippen LogP contribution >= 0.6 is 0 Å². The molecule has 146 valence electrons. The highest BCUT2D eigenvalue weighted by Crippen LogP contribution is 2.21. The van der Waals surface area contributed by atoms with Gasteiger partial charge in [-0.1, -0.05) is 13.3 Å². The van der Waals surface area contributed by atoms with Crippen LogP contribution in [-0.2, 0) is 23.1 Å². The van der Waals surface area contributed by atoms with Crippen molar-refractivity contribution in [2.24, 2.45) is 7.05 Å². The highest BCUT2D eigenvalue weighted by molar-refractivity contribution is 5.78. The molecule has 0 fully saturated rings. The summed E-state index contributed by atoms with van der Waals surface area (Å²) < 4.78 is 10.8. The van der Waals surface area contributed by atoms with Crippen LogP contribution in [0.25, 0.3) is 16.9 Å². The molecule has 9 nitrogen and oxygen atoms in total. The average molecular weight is 375 g/mol. The average Bonchev–Trinajstić information content (AvgIpc) is 3.14. The van der Waals surface area contributed by atoms with Crippen molar-refractivity contribution in [2.45, 2.75) is 53.1 Å². The molecule has 0 unspecified atom stereocenters. The van der Waals surface area contributed by atoms with E-state index in [4.69, 9.17) is 4.74 Å². The van der Waals surface area contributed by atoms with Crippen molar-refractivity contribution >= 4 is 22.9 Å². The molecule has 3 heterocycles. The molecule has 0 aliphatic rings. The zero-order valence-corrected chi connectivity index (χ0v) is 16.6. The minimum Gasteiger partial charge on any atom is -0.467 e. The molecular formula is C18H25N5O4. The van der Waals surface area contributed by atoms with Gasteiger partial charge in [-0.3, -0.25) is 13.8 Å². The second-order valence-electron chi connectivity index (χ2n) is 6.81. The predicted molar refractivity (Wildman–Crippen MR) is 101 cm³/mol. The Balaban J connectivity index is 2.45. The SMILES string of the molecule is CCCCn1c(C)c(C)n2c3c(=O)n([C@H](C)C(=O)OC)c(=O)n(C)c3nc12. The van der Waals surface area contributed by atoms with Crippen LogP contribution in [0, 0.1) is 13.8 Å². The number of unbranched alkanes of at least 4 members (excludes halogenated alkanes) is 1. The molecule has 0 N–H and O–H groups in total. The van der Waals surface area contributed by atoms with E-state index in [1.54, 1.807) is 11.4 Å². The molecule has 0 aromatic carbocycles. The van der Waals surface area contributed by atoms with Gasteiger partial charge in [-0.05, 0) is 27.2 Å². The molecule has 3 rings (SSSR count). The minimum absolute atomic E-state index is 0.290. The van der Waals surface area contributed by atoms with Crippen molar-refractivity contribution in [3.63, 3.8) is 0 Å². The third-order valence-electron chi connectivity index (χ3n) is 5.24. The molecule has 0 bridgehead atoms. The lowest BCUT2D eigenvalue weighted by Crippen LogP contribution is -2.43. The van der Waals surface area contributed by atoms with Gasteiger partial charge in [0.1, 0.15) is 6.04 Å². The Morgan fingerprint density at radius 3 is 2.48 bits per heavy atom. The Bertz CT molecular complexity index is 1160. The van der Waals surface area contributed by atoms with Crippen LogP contribution in [0.4, 0.5) is 0 Å². The molecule has 0 amide bonds. The van der Waals surface area contributed by atoms with E-state index >= 15 is 0 Å². The van der Waals surface area contributed by atoms with Crippen LogP contribution in [0.15, 0.2) is 9.59 Å². The molecule has 3 aromatic heterocycles. The van der Waals surface area contributed by atoms with Gasteiger partial charge in [0.25, 0.3) is 5.56 Å². The number of hydrogen-bond donors (Lipinski definition) is 0. The molecule has 3 aromatic rings. The van der Waals surface area contributed by atoms with Crippen LogP contribution < -0.4 is 11.2 Å². The summed E-state index contributed by atoms with van der Waals surface area (Å²) in [6.07, 6.45) is 2.02. The van der Waals surface area contributed by atoms with Crippen LogP contribution in [0.3, 0.4) is 0 Å². The number of carbonyl (C=O) groups is 1. The molecule has 0 saturated heterocycles. The minimum atomic E-state index is -1.03. The second kappa shape index (κ2) is 6.71. The van der Waals surface area contributed by atoms with E-state index in [0.717, 1.165) is 35.3 Å². The maximum Gasteiger partial charge on any atom is 0.333 e. The first-order chi connectivity index (χ1) is 12.8.